The Morgan fingerprint density at radius 3 is 3.00 bits per heavy atom. The molecular formula is C16H22N2OS. The first-order valence-electron chi connectivity index (χ1n) is 7.30. The number of rotatable bonds is 3. The molecule has 1 aromatic heterocycles. The van der Waals surface area contributed by atoms with Crippen molar-refractivity contribution in [2.24, 2.45) is 5.92 Å². The van der Waals surface area contributed by atoms with Crippen molar-refractivity contribution in [3.63, 3.8) is 0 Å². The van der Waals surface area contributed by atoms with E-state index in [0.717, 1.165) is 30.0 Å². The number of nitrogens with zero attached hydrogens (tertiary/aromatic N) is 1. The molecule has 0 amide bonds. The Hall–Kier alpha value is -0.970. The van der Waals surface area contributed by atoms with E-state index in [9.17, 15) is 0 Å². The number of ether oxygens (including phenoxy) is 1. The molecule has 20 heavy (non-hydrogen) atoms. The molecule has 1 aromatic carbocycles. The normalized spacial score (nSPS) is 27.3. The summed E-state index contributed by atoms with van der Waals surface area (Å²) in [5, 5.41) is 4.61. The number of aromatic nitrogens is 1. The molecule has 1 N–H and O–H groups in total. The van der Waals surface area contributed by atoms with Crippen LogP contribution in [0, 0.1) is 5.92 Å². The highest BCUT2D eigenvalue weighted by Gasteiger charge is 2.35. The maximum atomic E-state index is 6.39. The molecule has 1 aliphatic heterocycles. The number of hydrogen-bond acceptors (Lipinski definition) is 4. The topological polar surface area (TPSA) is 34.2 Å². The maximum Gasteiger partial charge on any atom is 0.124 e. The molecule has 3 rings (SSSR count). The lowest BCUT2D eigenvalue weighted by atomic mass is 9.92. The van der Waals surface area contributed by atoms with Gasteiger partial charge in [-0.3, -0.25) is 0 Å². The lowest BCUT2D eigenvalue weighted by Crippen LogP contribution is -2.49. The molecule has 4 heteroatoms. The van der Waals surface area contributed by atoms with E-state index in [1.807, 2.05) is 6.07 Å². The Balaban J connectivity index is 1.82. The van der Waals surface area contributed by atoms with Gasteiger partial charge >= 0.3 is 0 Å². The van der Waals surface area contributed by atoms with Gasteiger partial charge in [-0.25, -0.2) is 4.98 Å². The standard InChI is InChI=1S/C16H22N2OS/c1-11(2)8-16(3)10-17-9-13(19-16)15-18-12-6-4-5-7-14(12)20-15/h4-7,11,13,17H,8-10H2,1-3H3. The Morgan fingerprint density at radius 2 is 2.25 bits per heavy atom. The van der Waals surface area contributed by atoms with Gasteiger partial charge in [0.15, 0.2) is 0 Å². The number of thiazole rings is 1. The molecule has 3 nitrogen and oxygen atoms in total. The van der Waals surface area contributed by atoms with Crippen molar-refractivity contribution in [3.8, 4) is 0 Å². The monoisotopic (exact) mass is 290 g/mol. The first kappa shape index (κ1) is 14.0. The van der Waals surface area contributed by atoms with Crippen LogP contribution >= 0.6 is 11.3 Å². The highest BCUT2D eigenvalue weighted by molar-refractivity contribution is 7.18. The Morgan fingerprint density at radius 1 is 1.45 bits per heavy atom. The molecule has 1 fully saturated rings. The van der Waals surface area contributed by atoms with Crippen LogP contribution in [0.25, 0.3) is 10.2 Å². The zero-order valence-electron chi connectivity index (χ0n) is 12.3. The maximum absolute atomic E-state index is 6.39. The number of hydrogen-bond donors (Lipinski definition) is 1. The molecule has 2 unspecified atom stereocenters. The summed E-state index contributed by atoms with van der Waals surface area (Å²) in [5.41, 5.74) is 0.988. The van der Waals surface area contributed by atoms with Gasteiger partial charge in [-0.1, -0.05) is 26.0 Å². The number of benzene rings is 1. The van der Waals surface area contributed by atoms with E-state index in [0.29, 0.717) is 5.92 Å². The van der Waals surface area contributed by atoms with E-state index in [1.54, 1.807) is 11.3 Å². The fraction of sp³-hybridized carbons (Fsp3) is 0.562. The van der Waals surface area contributed by atoms with Crippen LogP contribution in [0.2, 0.25) is 0 Å². The molecule has 0 saturated carbocycles. The highest BCUT2D eigenvalue weighted by atomic mass is 32.1. The number of nitrogens with one attached hydrogen (secondary N) is 1. The summed E-state index contributed by atoms with van der Waals surface area (Å²) in [4.78, 5) is 4.73. The molecule has 0 aliphatic carbocycles. The van der Waals surface area contributed by atoms with Crippen molar-refractivity contribution in [1.29, 1.82) is 0 Å². The Labute approximate surface area is 124 Å². The van der Waals surface area contributed by atoms with Gasteiger partial charge in [0.2, 0.25) is 0 Å². The van der Waals surface area contributed by atoms with Crippen molar-refractivity contribution >= 4 is 21.6 Å². The summed E-state index contributed by atoms with van der Waals surface area (Å²) >= 11 is 1.75. The lowest BCUT2D eigenvalue weighted by molar-refractivity contribution is -0.117. The van der Waals surface area contributed by atoms with E-state index in [4.69, 9.17) is 9.72 Å². The number of para-hydroxylation sites is 1. The lowest BCUT2D eigenvalue weighted by Gasteiger charge is -2.39. The molecule has 0 radical (unpaired) electrons. The van der Waals surface area contributed by atoms with Gasteiger partial charge in [0.05, 0.1) is 15.8 Å². The van der Waals surface area contributed by atoms with Crippen LogP contribution in [0.1, 0.15) is 38.3 Å². The van der Waals surface area contributed by atoms with Crippen molar-refractivity contribution in [3.05, 3.63) is 29.3 Å². The first-order chi connectivity index (χ1) is 9.56. The summed E-state index contributed by atoms with van der Waals surface area (Å²) in [6.07, 6.45) is 1.14. The van der Waals surface area contributed by atoms with Gasteiger partial charge < -0.3 is 10.1 Å². The summed E-state index contributed by atoms with van der Waals surface area (Å²) in [5.74, 6) is 0.635. The SMILES string of the molecule is CC(C)CC1(C)CNCC(c2nc3ccccc3s2)O1. The van der Waals surface area contributed by atoms with Crippen LogP contribution in [0.5, 0.6) is 0 Å². The molecule has 2 atom stereocenters. The molecular weight excluding hydrogens is 268 g/mol. The van der Waals surface area contributed by atoms with Crippen molar-refractivity contribution < 1.29 is 4.74 Å². The summed E-state index contributed by atoms with van der Waals surface area (Å²) in [6, 6.07) is 8.29. The average Bonchev–Trinajstić information content (AvgIpc) is 2.81. The predicted octanol–water partition coefficient (Wildman–Crippen LogP) is 3.76. The molecule has 0 spiro atoms. The van der Waals surface area contributed by atoms with Crippen molar-refractivity contribution in [1.82, 2.24) is 10.3 Å². The van der Waals surface area contributed by atoms with Crippen LogP contribution in [0.4, 0.5) is 0 Å². The minimum Gasteiger partial charge on any atom is -0.362 e. The van der Waals surface area contributed by atoms with Gasteiger partial charge in [-0.15, -0.1) is 11.3 Å². The molecule has 2 aromatic rings. The van der Waals surface area contributed by atoms with Gasteiger partial charge in [-0.05, 0) is 31.4 Å². The van der Waals surface area contributed by atoms with Crippen LogP contribution < -0.4 is 5.32 Å². The molecule has 1 aliphatic rings. The third-order valence-electron chi connectivity index (χ3n) is 3.68. The fourth-order valence-corrected chi connectivity index (χ4v) is 4.04. The predicted molar refractivity (Wildman–Crippen MR) is 84.2 cm³/mol. The second-order valence-electron chi connectivity index (χ2n) is 6.31. The van der Waals surface area contributed by atoms with Crippen LogP contribution in [0.3, 0.4) is 0 Å². The molecule has 1 saturated heterocycles. The minimum atomic E-state index is -0.0884. The van der Waals surface area contributed by atoms with Crippen molar-refractivity contribution in [2.75, 3.05) is 13.1 Å². The number of morpholine rings is 1. The quantitative estimate of drug-likeness (QED) is 0.934. The van der Waals surface area contributed by atoms with Gasteiger partial charge in [0, 0.05) is 13.1 Å². The van der Waals surface area contributed by atoms with Crippen molar-refractivity contribution in [2.45, 2.75) is 38.9 Å². The molecule has 108 valence electrons. The van der Waals surface area contributed by atoms with E-state index >= 15 is 0 Å². The van der Waals surface area contributed by atoms with Gasteiger partial charge in [0.25, 0.3) is 0 Å². The van der Waals surface area contributed by atoms with Crippen LogP contribution in [-0.4, -0.2) is 23.7 Å². The fourth-order valence-electron chi connectivity index (χ4n) is 3.04. The van der Waals surface area contributed by atoms with E-state index in [-0.39, 0.29) is 11.7 Å². The number of fused-ring (bicyclic) bond motifs is 1. The smallest absolute Gasteiger partial charge is 0.124 e. The van der Waals surface area contributed by atoms with E-state index in [2.05, 4.69) is 44.3 Å². The summed E-state index contributed by atoms with van der Waals surface area (Å²) in [7, 11) is 0. The minimum absolute atomic E-state index is 0.0740. The first-order valence-corrected chi connectivity index (χ1v) is 8.11. The third kappa shape index (κ3) is 2.87. The van der Waals surface area contributed by atoms with E-state index < -0.39 is 0 Å². The van der Waals surface area contributed by atoms with Crippen LogP contribution in [0.15, 0.2) is 24.3 Å². The summed E-state index contributed by atoms with van der Waals surface area (Å²) < 4.78 is 7.62. The largest absolute Gasteiger partial charge is 0.362 e. The van der Waals surface area contributed by atoms with Gasteiger partial charge in [0.1, 0.15) is 11.1 Å². The average molecular weight is 290 g/mol. The van der Waals surface area contributed by atoms with Gasteiger partial charge in [-0.2, -0.15) is 0 Å². The Bertz CT molecular complexity index is 562. The van der Waals surface area contributed by atoms with Crippen LogP contribution in [-0.2, 0) is 4.74 Å². The Kier molecular flexibility index (Phi) is 3.80. The zero-order valence-corrected chi connectivity index (χ0v) is 13.2. The van der Waals surface area contributed by atoms with E-state index in [1.165, 1.54) is 4.70 Å². The highest BCUT2D eigenvalue weighted by Crippen LogP contribution is 2.34. The molecule has 2 heterocycles. The summed E-state index contributed by atoms with van der Waals surface area (Å²) in [6.45, 7) is 8.48. The second kappa shape index (κ2) is 5.43. The molecule has 0 bridgehead atoms. The second-order valence-corrected chi connectivity index (χ2v) is 7.37. The third-order valence-corrected chi connectivity index (χ3v) is 4.81. The zero-order chi connectivity index (χ0) is 14.2.